The number of benzene rings is 1. The summed E-state index contributed by atoms with van der Waals surface area (Å²) in [6.45, 7) is 5.08. The van der Waals surface area contributed by atoms with E-state index in [1.807, 2.05) is 30.1 Å². The first kappa shape index (κ1) is 13.6. The van der Waals surface area contributed by atoms with Gasteiger partial charge in [0.2, 0.25) is 0 Å². The van der Waals surface area contributed by atoms with Crippen LogP contribution in [0.25, 0.3) is 0 Å². The summed E-state index contributed by atoms with van der Waals surface area (Å²) in [5.41, 5.74) is 3.66. The highest BCUT2D eigenvalue weighted by atomic mass is 16.3. The van der Waals surface area contributed by atoms with Crippen molar-refractivity contribution < 1.29 is 5.11 Å². The van der Waals surface area contributed by atoms with E-state index in [9.17, 15) is 5.11 Å². The Labute approximate surface area is 114 Å². The molecule has 0 aliphatic heterocycles. The summed E-state index contributed by atoms with van der Waals surface area (Å²) < 4.78 is 1.89. The zero-order valence-corrected chi connectivity index (χ0v) is 11.7. The normalized spacial score (nSPS) is 12.6. The van der Waals surface area contributed by atoms with Gasteiger partial charge in [0.05, 0.1) is 6.20 Å². The van der Waals surface area contributed by atoms with Gasteiger partial charge in [0, 0.05) is 30.9 Å². The third kappa shape index (κ3) is 3.58. The molecule has 4 heteroatoms. The molecule has 0 amide bonds. The van der Waals surface area contributed by atoms with Crippen molar-refractivity contribution in [2.75, 3.05) is 0 Å². The van der Waals surface area contributed by atoms with E-state index in [4.69, 9.17) is 0 Å². The van der Waals surface area contributed by atoms with Crippen LogP contribution in [0.4, 0.5) is 0 Å². The Bertz CT molecular complexity index is 531. The molecule has 4 nitrogen and oxygen atoms in total. The molecule has 0 fully saturated rings. The topological polar surface area (TPSA) is 50.1 Å². The summed E-state index contributed by atoms with van der Waals surface area (Å²) in [7, 11) is 1.96. The van der Waals surface area contributed by atoms with Crippen molar-refractivity contribution in [2.24, 2.45) is 7.05 Å². The number of aryl methyl sites for hydroxylation is 1. The molecule has 2 rings (SSSR count). The molecule has 102 valence electrons. The summed E-state index contributed by atoms with van der Waals surface area (Å²) in [4.78, 5) is 0. The molecule has 1 heterocycles. The van der Waals surface area contributed by atoms with E-state index in [0.29, 0.717) is 11.8 Å². The molecule has 19 heavy (non-hydrogen) atoms. The Morgan fingerprint density at radius 2 is 2.00 bits per heavy atom. The lowest BCUT2D eigenvalue weighted by molar-refractivity contribution is 0.474. The van der Waals surface area contributed by atoms with Crippen molar-refractivity contribution in [2.45, 2.75) is 32.9 Å². The van der Waals surface area contributed by atoms with E-state index in [1.165, 1.54) is 16.8 Å². The Morgan fingerprint density at radius 3 is 2.58 bits per heavy atom. The van der Waals surface area contributed by atoms with Gasteiger partial charge in [-0.1, -0.05) is 12.1 Å². The Balaban J connectivity index is 1.86. The van der Waals surface area contributed by atoms with Gasteiger partial charge in [0.25, 0.3) is 0 Å². The highest BCUT2D eigenvalue weighted by molar-refractivity contribution is 5.26. The van der Waals surface area contributed by atoms with Gasteiger partial charge in [-0.25, -0.2) is 0 Å². The summed E-state index contributed by atoms with van der Waals surface area (Å²) >= 11 is 0. The first-order valence-corrected chi connectivity index (χ1v) is 6.55. The van der Waals surface area contributed by atoms with Crippen LogP contribution in [0.1, 0.15) is 23.7 Å². The average Bonchev–Trinajstić information content (AvgIpc) is 2.70. The number of rotatable bonds is 5. The fourth-order valence-corrected chi connectivity index (χ4v) is 2.06. The molecule has 1 unspecified atom stereocenters. The molecule has 0 aliphatic rings. The smallest absolute Gasteiger partial charge is 0.115 e. The van der Waals surface area contributed by atoms with E-state index in [1.54, 1.807) is 12.1 Å². The molecule has 1 aromatic heterocycles. The van der Waals surface area contributed by atoms with Crippen LogP contribution >= 0.6 is 0 Å². The number of hydrogen-bond donors (Lipinski definition) is 2. The van der Waals surface area contributed by atoms with Crippen LogP contribution in [-0.4, -0.2) is 20.9 Å². The van der Waals surface area contributed by atoms with Crippen LogP contribution < -0.4 is 5.32 Å². The van der Waals surface area contributed by atoms with Gasteiger partial charge in [-0.05, 0) is 38.0 Å². The van der Waals surface area contributed by atoms with Gasteiger partial charge < -0.3 is 10.4 Å². The molecular weight excluding hydrogens is 238 g/mol. The van der Waals surface area contributed by atoms with E-state index in [-0.39, 0.29) is 0 Å². The third-order valence-electron chi connectivity index (χ3n) is 3.46. The number of aromatic hydroxyl groups is 1. The molecule has 0 saturated carbocycles. The average molecular weight is 259 g/mol. The number of aromatic nitrogens is 2. The van der Waals surface area contributed by atoms with E-state index in [2.05, 4.69) is 24.3 Å². The largest absolute Gasteiger partial charge is 0.508 e. The number of hydrogen-bond acceptors (Lipinski definition) is 3. The second-order valence-corrected chi connectivity index (χ2v) is 5.03. The standard InChI is InChI=1S/C15H21N3O/c1-11(8-13-4-6-15(19)7-5-13)16-9-14-10-17-18(3)12(14)2/h4-7,10-11,16,19H,8-9H2,1-3H3. The van der Waals surface area contributed by atoms with Crippen LogP contribution in [0.15, 0.2) is 30.5 Å². The van der Waals surface area contributed by atoms with E-state index in [0.717, 1.165) is 13.0 Å². The Morgan fingerprint density at radius 1 is 1.32 bits per heavy atom. The maximum atomic E-state index is 9.25. The first-order valence-electron chi connectivity index (χ1n) is 6.55. The number of phenols is 1. The SMILES string of the molecule is Cc1c(CNC(C)Cc2ccc(O)cc2)cnn1C. The van der Waals surface area contributed by atoms with Gasteiger partial charge in [-0.15, -0.1) is 0 Å². The highest BCUT2D eigenvalue weighted by Crippen LogP contribution is 2.12. The first-order chi connectivity index (χ1) is 9.06. The van der Waals surface area contributed by atoms with Crippen LogP contribution in [0, 0.1) is 6.92 Å². The lowest BCUT2D eigenvalue weighted by Gasteiger charge is -2.13. The maximum Gasteiger partial charge on any atom is 0.115 e. The lowest BCUT2D eigenvalue weighted by Crippen LogP contribution is -2.27. The van der Waals surface area contributed by atoms with Crippen LogP contribution in [0.2, 0.25) is 0 Å². The maximum absolute atomic E-state index is 9.25. The minimum Gasteiger partial charge on any atom is -0.508 e. The van der Waals surface area contributed by atoms with Crippen LogP contribution in [0.3, 0.4) is 0 Å². The molecule has 2 aromatic rings. The van der Waals surface area contributed by atoms with Crippen molar-refractivity contribution in [1.29, 1.82) is 0 Å². The van der Waals surface area contributed by atoms with Gasteiger partial charge in [0.15, 0.2) is 0 Å². The van der Waals surface area contributed by atoms with Crippen molar-refractivity contribution >= 4 is 0 Å². The number of nitrogens with one attached hydrogen (secondary N) is 1. The minimum absolute atomic E-state index is 0.315. The lowest BCUT2D eigenvalue weighted by atomic mass is 10.1. The van der Waals surface area contributed by atoms with E-state index < -0.39 is 0 Å². The molecule has 0 radical (unpaired) electrons. The predicted octanol–water partition coefficient (Wildman–Crippen LogP) is 2.15. The quantitative estimate of drug-likeness (QED) is 0.865. The second kappa shape index (κ2) is 5.89. The van der Waals surface area contributed by atoms with Crippen LogP contribution in [-0.2, 0) is 20.0 Å². The van der Waals surface area contributed by atoms with Crippen molar-refractivity contribution in [3.8, 4) is 5.75 Å². The predicted molar refractivity (Wildman–Crippen MR) is 76.1 cm³/mol. The minimum atomic E-state index is 0.315. The molecular formula is C15H21N3O. The zero-order chi connectivity index (χ0) is 13.8. The molecule has 1 atom stereocenters. The van der Waals surface area contributed by atoms with Gasteiger partial charge in [0.1, 0.15) is 5.75 Å². The second-order valence-electron chi connectivity index (χ2n) is 5.03. The summed E-state index contributed by atoms with van der Waals surface area (Å²) in [6.07, 6.45) is 2.86. The van der Waals surface area contributed by atoms with E-state index >= 15 is 0 Å². The molecule has 1 aromatic carbocycles. The fourth-order valence-electron chi connectivity index (χ4n) is 2.06. The molecule has 0 spiro atoms. The Hall–Kier alpha value is -1.81. The third-order valence-corrected chi connectivity index (χ3v) is 3.46. The number of phenolic OH excluding ortho intramolecular Hbond substituents is 1. The molecule has 2 N–H and O–H groups in total. The van der Waals surface area contributed by atoms with Crippen LogP contribution in [0.5, 0.6) is 5.75 Å². The van der Waals surface area contributed by atoms with Gasteiger partial charge in [-0.2, -0.15) is 5.10 Å². The van der Waals surface area contributed by atoms with Crippen molar-refractivity contribution in [3.63, 3.8) is 0 Å². The fraction of sp³-hybridized carbons (Fsp3) is 0.400. The summed E-state index contributed by atoms with van der Waals surface area (Å²) in [5.74, 6) is 0.315. The monoisotopic (exact) mass is 259 g/mol. The van der Waals surface area contributed by atoms with Crippen molar-refractivity contribution in [1.82, 2.24) is 15.1 Å². The van der Waals surface area contributed by atoms with Gasteiger partial charge >= 0.3 is 0 Å². The van der Waals surface area contributed by atoms with Gasteiger partial charge in [-0.3, -0.25) is 4.68 Å². The van der Waals surface area contributed by atoms with Crippen molar-refractivity contribution in [3.05, 3.63) is 47.3 Å². The molecule has 0 aliphatic carbocycles. The Kier molecular flexibility index (Phi) is 4.22. The highest BCUT2D eigenvalue weighted by Gasteiger charge is 2.07. The summed E-state index contributed by atoms with van der Waals surface area (Å²) in [5, 5.41) is 17.0. The summed E-state index contributed by atoms with van der Waals surface area (Å²) in [6, 6.07) is 7.76. The number of nitrogens with zero attached hydrogens (tertiary/aromatic N) is 2. The zero-order valence-electron chi connectivity index (χ0n) is 11.7. The molecule has 0 saturated heterocycles. The molecule has 0 bridgehead atoms.